The van der Waals surface area contributed by atoms with Crippen LogP contribution in [0.4, 0.5) is 0 Å². The molecule has 1 aromatic heterocycles. The van der Waals surface area contributed by atoms with Crippen molar-refractivity contribution in [3.63, 3.8) is 0 Å². The van der Waals surface area contributed by atoms with Crippen molar-refractivity contribution in [1.29, 1.82) is 0 Å². The number of nitrogens with zero attached hydrogens (tertiary/aromatic N) is 1. The van der Waals surface area contributed by atoms with E-state index in [-0.39, 0.29) is 11.9 Å². The second-order valence-electron chi connectivity index (χ2n) is 4.69. The summed E-state index contributed by atoms with van der Waals surface area (Å²) in [5, 5.41) is 9.75. The highest BCUT2D eigenvalue weighted by Gasteiger charge is 2.31. The summed E-state index contributed by atoms with van der Waals surface area (Å²) in [6.45, 7) is 4.26. The molecule has 17 heavy (non-hydrogen) atoms. The summed E-state index contributed by atoms with van der Waals surface area (Å²) in [5.74, 6) is 0.617. The molecule has 2 unspecified atom stereocenters. The van der Waals surface area contributed by atoms with Gasteiger partial charge in [0.2, 0.25) is 0 Å². The Labute approximate surface area is 101 Å². The van der Waals surface area contributed by atoms with Gasteiger partial charge in [-0.1, -0.05) is 0 Å². The van der Waals surface area contributed by atoms with Crippen LogP contribution in [0.1, 0.15) is 42.3 Å². The maximum Gasteiger partial charge on any atom is 0.257 e. The van der Waals surface area contributed by atoms with Gasteiger partial charge < -0.3 is 14.4 Å². The van der Waals surface area contributed by atoms with Crippen molar-refractivity contribution < 1.29 is 14.3 Å². The Morgan fingerprint density at radius 1 is 1.59 bits per heavy atom. The SMILES string of the molecule is Cc1occc1C(=O)N1CCCCC1C(C)O. The van der Waals surface area contributed by atoms with Gasteiger partial charge in [0.25, 0.3) is 5.91 Å². The zero-order chi connectivity index (χ0) is 12.4. The van der Waals surface area contributed by atoms with E-state index in [2.05, 4.69) is 0 Å². The van der Waals surface area contributed by atoms with Gasteiger partial charge >= 0.3 is 0 Å². The lowest BCUT2D eigenvalue weighted by Crippen LogP contribution is -2.48. The molecule has 4 heteroatoms. The normalized spacial score (nSPS) is 22.5. The number of aryl methyl sites for hydroxylation is 1. The minimum Gasteiger partial charge on any atom is -0.469 e. The van der Waals surface area contributed by atoms with Crippen LogP contribution in [0.3, 0.4) is 0 Å². The number of hydrogen-bond acceptors (Lipinski definition) is 3. The molecule has 1 N–H and O–H groups in total. The minimum atomic E-state index is -0.480. The number of amides is 1. The first-order valence-corrected chi connectivity index (χ1v) is 6.14. The number of carbonyl (C=O) groups is 1. The summed E-state index contributed by atoms with van der Waals surface area (Å²) in [5.41, 5.74) is 0.609. The third-order valence-electron chi connectivity index (χ3n) is 3.46. The van der Waals surface area contributed by atoms with Crippen LogP contribution in [0.2, 0.25) is 0 Å². The summed E-state index contributed by atoms with van der Waals surface area (Å²) in [7, 11) is 0. The van der Waals surface area contributed by atoms with E-state index in [9.17, 15) is 9.90 Å². The molecule has 0 aliphatic carbocycles. The molecule has 1 aliphatic rings. The van der Waals surface area contributed by atoms with Crippen LogP contribution < -0.4 is 0 Å². The van der Waals surface area contributed by atoms with Gasteiger partial charge in [-0.05, 0) is 39.2 Å². The van der Waals surface area contributed by atoms with Crippen molar-refractivity contribution in [3.8, 4) is 0 Å². The lowest BCUT2D eigenvalue weighted by Gasteiger charge is -2.37. The molecule has 1 aromatic rings. The van der Waals surface area contributed by atoms with E-state index in [4.69, 9.17) is 4.42 Å². The average Bonchev–Trinajstić information content (AvgIpc) is 2.74. The minimum absolute atomic E-state index is 0.0261. The Balaban J connectivity index is 2.20. The Morgan fingerprint density at radius 2 is 2.35 bits per heavy atom. The van der Waals surface area contributed by atoms with Crippen molar-refractivity contribution in [2.75, 3.05) is 6.54 Å². The molecular weight excluding hydrogens is 218 g/mol. The molecule has 1 fully saturated rings. The maximum absolute atomic E-state index is 12.4. The highest BCUT2D eigenvalue weighted by molar-refractivity contribution is 5.95. The van der Waals surface area contributed by atoms with Crippen molar-refractivity contribution >= 4 is 5.91 Å². The molecule has 2 heterocycles. The van der Waals surface area contributed by atoms with Crippen LogP contribution in [-0.2, 0) is 0 Å². The molecule has 2 rings (SSSR count). The van der Waals surface area contributed by atoms with E-state index < -0.39 is 6.10 Å². The number of rotatable bonds is 2. The van der Waals surface area contributed by atoms with Crippen molar-refractivity contribution in [3.05, 3.63) is 23.7 Å². The van der Waals surface area contributed by atoms with Gasteiger partial charge in [-0.25, -0.2) is 0 Å². The average molecular weight is 237 g/mol. The molecule has 0 bridgehead atoms. The predicted octanol–water partition coefficient (Wildman–Crippen LogP) is 1.96. The van der Waals surface area contributed by atoms with Crippen LogP contribution in [-0.4, -0.2) is 34.6 Å². The van der Waals surface area contributed by atoms with Crippen molar-refractivity contribution in [2.24, 2.45) is 0 Å². The monoisotopic (exact) mass is 237 g/mol. The number of likely N-dealkylation sites (tertiary alicyclic amines) is 1. The van der Waals surface area contributed by atoms with Crippen LogP contribution in [0.15, 0.2) is 16.7 Å². The van der Waals surface area contributed by atoms with Crippen LogP contribution in [0.25, 0.3) is 0 Å². The number of piperidine rings is 1. The first-order chi connectivity index (χ1) is 8.11. The number of carbonyl (C=O) groups excluding carboxylic acids is 1. The summed E-state index contributed by atoms with van der Waals surface area (Å²) >= 11 is 0. The molecule has 4 nitrogen and oxygen atoms in total. The fourth-order valence-corrected chi connectivity index (χ4v) is 2.47. The topological polar surface area (TPSA) is 53.7 Å². The molecule has 0 spiro atoms. The molecule has 0 saturated carbocycles. The molecule has 0 aromatic carbocycles. The fraction of sp³-hybridized carbons (Fsp3) is 0.615. The Hall–Kier alpha value is -1.29. The standard InChI is InChI=1S/C13H19NO3/c1-9(15)12-5-3-4-7-14(12)13(16)11-6-8-17-10(11)2/h6,8-9,12,15H,3-5,7H2,1-2H3. The van der Waals surface area contributed by atoms with E-state index in [1.165, 1.54) is 6.26 Å². The molecule has 0 radical (unpaired) electrons. The lowest BCUT2D eigenvalue weighted by atomic mass is 9.97. The molecule has 1 aliphatic heterocycles. The van der Waals surface area contributed by atoms with Gasteiger partial charge in [-0.3, -0.25) is 4.79 Å². The summed E-state index contributed by atoms with van der Waals surface area (Å²) in [6, 6.07) is 1.64. The molecule has 1 saturated heterocycles. The van der Waals surface area contributed by atoms with Crippen LogP contribution >= 0.6 is 0 Å². The highest BCUT2D eigenvalue weighted by atomic mass is 16.3. The fourth-order valence-electron chi connectivity index (χ4n) is 2.47. The lowest BCUT2D eigenvalue weighted by molar-refractivity contribution is 0.0279. The Bertz CT molecular complexity index is 397. The molecular formula is C13H19NO3. The quantitative estimate of drug-likeness (QED) is 0.855. The Kier molecular flexibility index (Phi) is 3.52. The third kappa shape index (κ3) is 2.36. The van der Waals surface area contributed by atoms with E-state index in [0.29, 0.717) is 11.3 Å². The van der Waals surface area contributed by atoms with E-state index >= 15 is 0 Å². The number of aliphatic hydroxyl groups is 1. The van der Waals surface area contributed by atoms with Crippen molar-refractivity contribution in [2.45, 2.75) is 45.3 Å². The zero-order valence-electron chi connectivity index (χ0n) is 10.3. The molecule has 94 valence electrons. The number of furan rings is 1. The van der Waals surface area contributed by atoms with E-state index in [0.717, 1.165) is 25.8 Å². The van der Waals surface area contributed by atoms with Gasteiger partial charge in [0.15, 0.2) is 0 Å². The second kappa shape index (κ2) is 4.92. The van der Waals surface area contributed by atoms with Gasteiger partial charge in [-0.2, -0.15) is 0 Å². The van der Waals surface area contributed by atoms with E-state index in [1.54, 1.807) is 24.8 Å². The predicted molar refractivity (Wildman–Crippen MR) is 63.8 cm³/mol. The third-order valence-corrected chi connectivity index (χ3v) is 3.46. The molecule has 1 amide bonds. The number of aliphatic hydroxyl groups excluding tert-OH is 1. The summed E-state index contributed by atoms with van der Waals surface area (Å²) in [6.07, 6.45) is 4.01. The first-order valence-electron chi connectivity index (χ1n) is 6.14. The summed E-state index contributed by atoms with van der Waals surface area (Å²) in [4.78, 5) is 14.1. The second-order valence-corrected chi connectivity index (χ2v) is 4.69. The largest absolute Gasteiger partial charge is 0.469 e. The first kappa shape index (κ1) is 12.2. The molecule has 2 atom stereocenters. The summed E-state index contributed by atoms with van der Waals surface area (Å²) < 4.78 is 5.16. The van der Waals surface area contributed by atoms with Gasteiger partial charge in [0.1, 0.15) is 5.76 Å². The number of hydrogen-bond donors (Lipinski definition) is 1. The maximum atomic E-state index is 12.4. The Morgan fingerprint density at radius 3 is 2.94 bits per heavy atom. The smallest absolute Gasteiger partial charge is 0.257 e. The van der Waals surface area contributed by atoms with Crippen molar-refractivity contribution in [1.82, 2.24) is 4.90 Å². The highest BCUT2D eigenvalue weighted by Crippen LogP contribution is 2.23. The van der Waals surface area contributed by atoms with Gasteiger partial charge in [0.05, 0.1) is 24.0 Å². The van der Waals surface area contributed by atoms with Crippen LogP contribution in [0, 0.1) is 6.92 Å². The van der Waals surface area contributed by atoms with Crippen LogP contribution in [0.5, 0.6) is 0 Å². The zero-order valence-corrected chi connectivity index (χ0v) is 10.3. The van der Waals surface area contributed by atoms with Gasteiger partial charge in [0, 0.05) is 6.54 Å². The van der Waals surface area contributed by atoms with Gasteiger partial charge in [-0.15, -0.1) is 0 Å². The van der Waals surface area contributed by atoms with E-state index in [1.807, 2.05) is 0 Å².